The standard InChI is InChI=1S/C8H5ClNO2/c1-10-7-5(9)3-2-4-6(7)12-8(10)11/h3-4H,1H3. The average molecular weight is 183 g/mol. The molecule has 61 valence electrons. The fraction of sp³-hybridized carbons (Fsp3) is 0.125. The predicted octanol–water partition coefficient (Wildman–Crippen LogP) is 1.59. The molecule has 0 fully saturated rings. The van der Waals surface area contributed by atoms with Gasteiger partial charge < -0.3 is 4.42 Å². The summed E-state index contributed by atoms with van der Waals surface area (Å²) in [6.07, 6.45) is 0. The molecule has 2 rings (SSSR count). The highest BCUT2D eigenvalue weighted by Gasteiger charge is 2.07. The van der Waals surface area contributed by atoms with Crippen LogP contribution in [0.15, 0.2) is 21.3 Å². The monoisotopic (exact) mass is 182 g/mol. The van der Waals surface area contributed by atoms with Crippen molar-refractivity contribution in [2.45, 2.75) is 0 Å². The highest BCUT2D eigenvalue weighted by Crippen LogP contribution is 2.20. The Bertz CT molecular complexity index is 483. The van der Waals surface area contributed by atoms with E-state index in [4.69, 9.17) is 16.0 Å². The third-order valence-corrected chi connectivity index (χ3v) is 1.98. The SMILES string of the molecule is Cn1c(=O)oc2c[c]cc(Cl)c21. The third-order valence-electron chi connectivity index (χ3n) is 1.69. The lowest BCUT2D eigenvalue weighted by atomic mass is 10.3. The fourth-order valence-electron chi connectivity index (χ4n) is 1.10. The molecule has 3 nitrogen and oxygen atoms in total. The van der Waals surface area contributed by atoms with Crippen molar-refractivity contribution < 1.29 is 4.42 Å². The number of benzene rings is 1. The van der Waals surface area contributed by atoms with E-state index in [2.05, 4.69) is 6.07 Å². The number of rotatable bonds is 0. The number of hydrogen-bond donors (Lipinski definition) is 0. The van der Waals surface area contributed by atoms with Crippen LogP contribution in [0.5, 0.6) is 0 Å². The lowest BCUT2D eigenvalue weighted by Gasteiger charge is -1.92. The van der Waals surface area contributed by atoms with Crippen LogP contribution in [0.3, 0.4) is 0 Å². The van der Waals surface area contributed by atoms with Crippen LogP contribution in [0.4, 0.5) is 0 Å². The number of oxazole rings is 1. The molecule has 1 radical (unpaired) electrons. The van der Waals surface area contributed by atoms with E-state index in [0.717, 1.165) is 0 Å². The van der Waals surface area contributed by atoms with E-state index < -0.39 is 5.76 Å². The molecular formula is C8H5ClNO2. The molecule has 12 heavy (non-hydrogen) atoms. The van der Waals surface area contributed by atoms with Gasteiger partial charge in [-0.2, -0.15) is 0 Å². The molecule has 0 saturated heterocycles. The van der Waals surface area contributed by atoms with E-state index in [1.807, 2.05) is 0 Å². The first-order valence-corrected chi connectivity index (χ1v) is 3.73. The van der Waals surface area contributed by atoms with Crippen LogP contribution < -0.4 is 5.76 Å². The molecule has 1 aromatic carbocycles. The number of fused-ring (bicyclic) bond motifs is 1. The highest BCUT2D eigenvalue weighted by atomic mass is 35.5. The first-order chi connectivity index (χ1) is 5.70. The Hall–Kier alpha value is -1.22. The second kappa shape index (κ2) is 2.38. The van der Waals surface area contributed by atoms with Crippen molar-refractivity contribution >= 4 is 22.7 Å². The minimum absolute atomic E-state index is 0.411. The predicted molar refractivity (Wildman–Crippen MR) is 45.3 cm³/mol. The van der Waals surface area contributed by atoms with Gasteiger partial charge in [-0.25, -0.2) is 4.79 Å². The first-order valence-electron chi connectivity index (χ1n) is 3.35. The summed E-state index contributed by atoms with van der Waals surface area (Å²) in [7, 11) is 1.61. The van der Waals surface area contributed by atoms with Gasteiger partial charge in [-0.05, 0) is 18.2 Å². The van der Waals surface area contributed by atoms with Crippen molar-refractivity contribution in [1.29, 1.82) is 0 Å². The molecule has 4 heteroatoms. The molecular weight excluding hydrogens is 178 g/mol. The van der Waals surface area contributed by atoms with E-state index in [1.165, 1.54) is 4.57 Å². The Kier molecular flexibility index (Phi) is 1.48. The molecule has 0 spiro atoms. The van der Waals surface area contributed by atoms with E-state index >= 15 is 0 Å². The van der Waals surface area contributed by atoms with Crippen LogP contribution in [-0.4, -0.2) is 4.57 Å². The Morgan fingerprint density at radius 1 is 1.58 bits per heavy atom. The van der Waals surface area contributed by atoms with Crippen LogP contribution in [0, 0.1) is 6.07 Å². The summed E-state index contributed by atoms with van der Waals surface area (Å²) in [5, 5.41) is 0.473. The van der Waals surface area contributed by atoms with E-state index in [9.17, 15) is 4.79 Å². The first kappa shape index (κ1) is 7.43. The lowest BCUT2D eigenvalue weighted by molar-refractivity contribution is 0.528. The molecule has 2 aromatic rings. The Morgan fingerprint density at radius 2 is 2.33 bits per heavy atom. The van der Waals surface area contributed by atoms with Crippen molar-refractivity contribution in [2.75, 3.05) is 0 Å². The van der Waals surface area contributed by atoms with E-state index in [1.54, 1.807) is 19.2 Å². The largest absolute Gasteiger partial charge is 0.419 e. The second-order valence-electron chi connectivity index (χ2n) is 2.44. The topological polar surface area (TPSA) is 35.1 Å². The van der Waals surface area contributed by atoms with Gasteiger partial charge in [0.25, 0.3) is 0 Å². The van der Waals surface area contributed by atoms with Crippen molar-refractivity contribution in [2.24, 2.45) is 7.05 Å². The number of nitrogens with zero attached hydrogens (tertiary/aromatic N) is 1. The van der Waals surface area contributed by atoms with Gasteiger partial charge in [0.1, 0.15) is 5.52 Å². The fourth-order valence-corrected chi connectivity index (χ4v) is 1.38. The number of hydrogen-bond acceptors (Lipinski definition) is 2. The normalized spacial score (nSPS) is 10.8. The zero-order valence-electron chi connectivity index (χ0n) is 6.30. The molecule has 1 aromatic heterocycles. The number of halogens is 1. The smallest absolute Gasteiger partial charge is 0.408 e. The van der Waals surface area contributed by atoms with Gasteiger partial charge in [0, 0.05) is 7.05 Å². The van der Waals surface area contributed by atoms with Crippen LogP contribution in [0.1, 0.15) is 0 Å². The quantitative estimate of drug-likeness (QED) is 0.620. The van der Waals surface area contributed by atoms with Gasteiger partial charge >= 0.3 is 5.76 Å². The molecule has 0 N–H and O–H groups in total. The van der Waals surface area contributed by atoms with Crippen LogP contribution >= 0.6 is 11.6 Å². The second-order valence-corrected chi connectivity index (χ2v) is 2.85. The van der Waals surface area contributed by atoms with Crippen molar-refractivity contribution in [3.63, 3.8) is 0 Å². The van der Waals surface area contributed by atoms with Gasteiger partial charge in [0.2, 0.25) is 0 Å². The van der Waals surface area contributed by atoms with Gasteiger partial charge in [0.15, 0.2) is 5.58 Å². The van der Waals surface area contributed by atoms with Crippen LogP contribution in [-0.2, 0) is 7.05 Å². The summed E-state index contributed by atoms with van der Waals surface area (Å²) < 4.78 is 6.24. The average Bonchev–Trinajstić information content (AvgIpc) is 2.29. The van der Waals surface area contributed by atoms with E-state index in [0.29, 0.717) is 16.1 Å². The molecule has 0 unspecified atom stereocenters. The summed E-state index contributed by atoms with van der Waals surface area (Å²) in [5.74, 6) is -0.411. The van der Waals surface area contributed by atoms with Crippen molar-refractivity contribution in [3.8, 4) is 0 Å². The molecule has 1 heterocycles. The van der Waals surface area contributed by atoms with E-state index in [-0.39, 0.29) is 0 Å². The summed E-state index contributed by atoms with van der Waals surface area (Å²) in [5.41, 5.74) is 1.08. The molecule has 0 amide bonds. The van der Waals surface area contributed by atoms with Crippen LogP contribution in [0.2, 0.25) is 5.02 Å². The van der Waals surface area contributed by atoms with Crippen LogP contribution in [0.25, 0.3) is 11.1 Å². The maximum Gasteiger partial charge on any atom is 0.419 e. The van der Waals surface area contributed by atoms with Gasteiger partial charge in [0.05, 0.1) is 5.02 Å². The molecule has 0 saturated carbocycles. The molecule has 0 aliphatic heterocycles. The molecule has 0 aliphatic carbocycles. The maximum absolute atomic E-state index is 11.0. The summed E-state index contributed by atoms with van der Waals surface area (Å²) in [6.45, 7) is 0. The summed E-state index contributed by atoms with van der Waals surface area (Å²) in [6, 6.07) is 5.95. The summed E-state index contributed by atoms with van der Waals surface area (Å²) >= 11 is 5.82. The maximum atomic E-state index is 11.0. The van der Waals surface area contributed by atoms with Gasteiger partial charge in [-0.1, -0.05) is 11.6 Å². The van der Waals surface area contributed by atoms with Crippen molar-refractivity contribution in [1.82, 2.24) is 4.57 Å². The third kappa shape index (κ3) is 0.865. The van der Waals surface area contributed by atoms with Gasteiger partial charge in [-0.15, -0.1) is 0 Å². The minimum Gasteiger partial charge on any atom is -0.408 e. The molecule has 0 aliphatic rings. The molecule has 0 atom stereocenters. The zero-order chi connectivity index (χ0) is 8.72. The minimum atomic E-state index is -0.411. The number of aryl methyl sites for hydroxylation is 1. The Balaban J connectivity index is 3.07. The molecule has 0 bridgehead atoms. The highest BCUT2D eigenvalue weighted by molar-refractivity contribution is 6.34. The Morgan fingerprint density at radius 3 is 3.00 bits per heavy atom. The summed E-state index contributed by atoms with van der Waals surface area (Å²) in [4.78, 5) is 11.0. The van der Waals surface area contributed by atoms with Gasteiger partial charge in [-0.3, -0.25) is 4.57 Å². The Labute approximate surface area is 73.2 Å². The number of aromatic nitrogens is 1. The lowest BCUT2D eigenvalue weighted by Crippen LogP contribution is -2.08. The zero-order valence-corrected chi connectivity index (χ0v) is 7.05. The van der Waals surface area contributed by atoms with Crippen molar-refractivity contribution in [3.05, 3.63) is 33.8 Å².